The standard InChI is InChI=1S/C28H34N4O3S/c1-31(2)28(30-24-10-6-7-11-24)22-14-12-20(13-15-22)18-26(27(29)33)32(3)36(34,35)25-17-16-21-8-4-5-9-23(21)19-25/h4-5,8-9,12-17,19,24,26H,6-7,10-11,18H2,1-3H3,(H2,29,33)/t26-/m0/s1. The van der Waals surface area contributed by atoms with E-state index >= 15 is 0 Å². The molecule has 4 rings (SSSR count). The summed E-state index contributed by atoms with van der Waals surface area (Å²) in [5.41, 5.74) is 7.50. The molecule has 1 fully saturated rings. The van der Waals surface area contributed by atoms with Gasteiger partial charge in [0.1, 0.15) is 11.9 Å². The molecule has 0 aliphatic heterocycles. The number of nitrogens with zero attached hydrogens (tertiary/aromatic N) is 3. The lowest BCUT2D eigenvalue weighted by Gasteiger charge is -2.25. The molecule has 36 heavy (non-hydrogen) atoms. The summed E-state index contributed by atoms with van der Waals surface area (Å²) in [5, 5.41) is 1.76. The molecule has 3 aromatic carbocycles. The third-order valence-corrected chi connectivity index (χ3v) is 8.72. The normalized spacial score (nSPS) is 15.9. The van der Waals surface area contributed by atoms with E-state index in [0.717, 1.165) is 44.9 Å². The molecule has 0 unspecified atom stereocenters. The maximum atomic E-state index is 13.4. The summed E-state index contributed by atoms with van der Waals surface area (Å²) in [4.78, 5) is 19.5. The van der Waals surface area contributed by atoms with Crippen molar-refractivity contribution in [2.75, 3.05) is 21.1 Å². The van der Waals surface area contributed by atoms with Crippen LogP contribution in [-0.2, 0) is 21.2 Å². The number of hydrogen-bond acceptors (Lipinski definition) is 4. The highest BCUT2D eigenvalue weighted by atomic mass is 32.2. The monoisotopic (exact) mass is 506 g/mol. The Morgan fingerprint density at radius 2 is 1.61 bits per heavy atom. The van der Waals surface area contributed by atoms with Gasteiger partial charge in [0.05, 0.1) is 10.9 Å². The van der Waals surface area contributed by atoms with Crippen LogP contribution in [-0.4, -0.2) is 62.6 Å². The fourth-order valence-corrected chi connectivity index (χ4v) is 6.10. The summed E-state index contributed by atoms with van der Waals surface area (Å²) in [5.74, 6) is 0.235. The van der Waals surface area contributed by atoms with Crippen molar-refractivity contribution in [1.82, 2.24) is 9.21 Å². The Labute approximate surface area is 213 Å². The van der Waals surface area contributed by atoms with Crippen molar-refractivity contribution in [3.63, 3.8) is 0 Å². The van der Waals surface area contributed by atoms with Gasteiger partial charge >= 0.3 is 0 Å². The molecule has 8 heteroatoms. The van der Waals surface area contributed by atoms with Crippen LogP contribution in [0.2, 0.25) is 0 Å². The zero-order valence-corrected chi connectivity index (χ0v) is 21.9. The van der Waals surface area contributed by atoms with Crippen molar-refractivity contribution in [2.24, 2.45) is 10.7 Å². The van der Waals surface area contributed by atoms with E-state index in [1.54, 1.807) is 18.2 Å². The Hall–Kier alpha value is -3.23. The predicted octanol–water partition coefficient (Wildman–Crippen LogP) is 3.81. The lowest BCUT2D eigenvalue weighted by Crippen LogP contribution is -2.46. The fourth-order valence-electron chi connectivity index (χ4n) is 4.74. The maximum Gasteiger partial charge on any atom is 0.243 e. The zero-order chi connectivity index (χ0) is 25.9. The van der Waals surface area contributed by atoms with Crippen LogP contribution >= 0.6 is 0 Å². The maximum absolute atomic E-state index is 13.4. The minimum absolute atomic E-state index is 0.129. The van der Waals surface area contributed by atoms with E-state index in [9.17, 15) is 13.2 Å². The highest BCUT2D eigenvalue weighted by Crippen LogP contribution is 2.25. The highest BCUT2D eigenvalue weighted by molar-refractivity contribution is 7.89. The van der Waals surface area contributed by atoms with Crippen molar-refractivity contribution >= 4 is 32.5 Å². The Kier molecular flexibility index (Phi) is 7.76. The predicted molar refractivity (Wildman–Crippen MR) is 145 cm³/mol. The number of benzene rings is 3. The molecule has 1 aliphatic rings. The van der Waals surface area contributed by atoms with Gasteiger partial charge < -0.3 is 10.6 Å². The molecule has 1 aliphatic carbocycles. The van der Waals surface area contributed by atoms with E-state index in [2.05, 4.69) is 0 Å². The number of aliphatic imine (C=N–C) groups is 1. The van der Waals surface area contributed by atoms with E-state index in [1.165, 1.54) is 19.9 Å². The van der Waals surface area contributed by atoms with Gasteiger partial charge in [0, 0.05) is 26.7 Å². The first kappa shape index (κ1) is 25.9. The first-order valence-corrected chi connectivity index (χ1v) is 13.7. The Bertz CT molecular complexity index is 1360. The number of rotatable bonds is 8. The van der Waals surface area contributed by atoms with Gasteiger partial charge in [-0.2, -0.15) is 4.31 Å². The molecule has 0 spiro atoms. The number of likely N-dealkylation sites (N-methyl/N-ethyl adjacent to an activating group) is 1. The molecule has 0 aromatic heterocycles. The number of sulfonamides is 1. The average molecular weight is 507 g/mol. The number of fused-ring (bicyclic) bond motifs is 1. The number of nitrogens with two attached hydrogens (primary N) is 1. The minimum Gasteiger partial charge on any atom is -0.368 e. The summed E-state index contributed by atoms with van der Waals surface area (Å²) >= 11 is 0. The molecule has 0 bridgehead atoms. The van der Waals surface area contributed by atoms with Crippen LogP contribution in [0.5, 0.6) is 0 Å². The van der Waals surface area contributed by atoms with Gasteiger partial charge in [0.2, 0.25) is 15.9 Å². The SMILES string of the molecule is CN(C)C(=NC1CCCC1)c1ccc(C[C@@H](C(N)=O)N(C)S(=O)(=O)c2ccc3ccccc3c2)cc1. The average Bonchev–Trinajstić information content (AvgIpc) is 3.38. The first-order chi connectivity index (χ1) is 17.2. The molecule has 0 radical (unpaired) electrons. The zero-order valence-electron chi connectivity index (χ0n) is 21.1. The van der Waals surface area contributed by atoms with Gasteiger partial charge in [-0.05, 0) is 47.7 Å². The number of amidine groups is 1. The van der Waals surface area contributed by atoms with Crippen LogP contribution in [0.1, 0.15) is 36.8 Å². The Balaban J connectivity index is 1.56. The van der Waals surface area contributed by atoms with Crippen LogP contribution in [0.25, 0.3) is 10.8 Å². The second-order valence-corrected chi connectivity index (χ2v) is 11.6. The molecule has 3 aromatic rings. The van der Waals surface area contributed by atoms with Gasteiger partial charge in [0.25, 0.3) is 0 Å². The number of hydrogen-bond donors (Lipinski definition) is 1. The summed E-state index contributed by atoms with van der Waals surface area (Å²) < 4.78 is 27.9. The van der Waals surface area contributed by atoms with Crippen LogP contribution < -0.4 is 5.73 Å². The van der Waals surface area contributed by atoms with E-state index in [1.807, 2.05) is 67.5 Å². The van der Waals surface area contributed by atoms with Gasteiger partial charge in [-0.3, -0.25) is 9.79 Å². The van der Waals surface area contributed by atoms with Crippen molar-refractivity contribution in [2.45, 2.75) is 49.1 Å². The second-order valence-electron chi connectivity index (χ2n) is 9.63. The van der Waals surface area contributed by atoms with E-state index in [-0.39, 0.29) is 11.3 Å². The Morgan fingerprint density at radius 3 is 2.22 bits per heavy atom. The lowest BCUT2D eigenvalue weighted by atomic mass is 10.0. The second kappa shape index (κ2) is 10.8. The Morgan fingerprint density at radius 1 is 0.972 bits per heavy atom. The summed E-state index contributed by atoms with van der Waals surface area (Å²) in [6.07, 6.45) is 4.85. The molecule has 1 amide bonds. The van der Waals surface area contributed by atoms with Gasteiger partial charge in [0.15, 0.2) is 0 Å². The number of amides is 1. The van der Waals surface area contributed by atoms with Gasteiger partial charge in [-0.15, -0.1) is 0 Å². The molecule has 190 valence electrons. The molecule has 0 heterocycles. The molecule has 1 saturated carbocycles. The summed E-state index contributed by atoms with van der Waals surface area (Å²) in [6.45, 7) is 0. The van der Waals surface area contributed by atoms with E-state index < -0.39 is 22.0 Å². The minimum atomic E-state index is -3.93. The van der Waals surface area contributed by atoms with Crippen molar-refractivity contribution in [1.29, 1.82) is 0 Å². The van der Waals surface area contributed by atoms with Crippen LogP contribution in [0.15, 0.2) is 76.6 Å². The number of carbonyl (C=O) groups excluding carboxylic acids is 1. The van der Waals surface area contributed by atoms with Crippen LogP contribution in [0.4, 0.5) is 0 Å². The third kappa shape index (κ3) is 5.60. The molecule has 2 N–H and O–H groups in total. The van der Waals surface area contributed by atoms with Crippen molar-refractivity contribution in [3.8, 4) is 0 Å². The lowest BCUT2D eigenvalue weighted by molar-refractivity contribution is -0.121. The number of carbonyl (C=O) groups is 1. The third-order valence-electron chi connectivity index (χ3n) is 6.86. The fraction of sp³-hybridized carbons (Fsp3) is 0.357. The molecule has 1 atom stereocenters. The molecule has 7 nitrogen and oxygen atoms in total. The van der Waals surface area contributed by atoms with Crippen LogP contribution in [0.3, 0.4) is 0 Å². The van der Waals surface area contributed by atoms with Gasteiger partial charge in [-0.25, -0.2) is 8.42 Å². The topological polar surface area (TPSA) is 96.1 Å². The highest BCUT2D eigenvalue weighted by Gasteiger charge is 2.32. The molecular formula is C28H34N4O3S. The largest absolute Gasteiger partial charge is 0.368 e. The summed E-state index contributed by atoms with van der Waals surface area (Å²) in [6, 6.07) is 19.6. The quantitative estimate of drug-likeness (QED) is 0.371. The van der Waals surface area contributed by atoms with Crippen molar-refractivity contribution in [3.05, 3.63) is 77.9 Å². The van der Waals surface area contributed by atoms with E-state index in [4.69, 9.17) is 10.7 Å². The summed E-state index contributed by atoms with van der Waals surface area (Å²) in [7, 11) is 1.44. The molecule has 0 saturated heterocycles. The van der Waals surface area contributed by atoms with Crippen molar-refractivity contribution < 1.29 is 13.2 Å². The van der Waals surface area contributed by atoms with Gasteiger partial charge in [-0.1, -0.05) is 67.4 Å². The molecular weight excluding hydrogens is 472 g/mol. The van der Waals surface area contributed by atoms with E-state index in [0.29, 0.717) is 6.04 Å². The smallest absolute Gasteiger partial charge is 0.243 e. The number of primary amides is 1. The first-order valence-electron chi connectivity index (χ1n) is 12.3. The van der Waals surface area contributed by atoms with Crippen LogP contribution in [0, 0.1) is 0 Å².